The van der Waals surface area contributed by atoms with Crippen LogP contribution >= 0.6 is 0 Å². The van der Waals surface area contributed by atoms with Gasteiger partial charge in [0, 0.05) is 37.8 Å². The molecular formula is C17H22FN3O2. The molecule has 1 saturated carbocycles. The third-order valence-corrected chi connectivity index (χ3v) is 4.43. The molecule has 0 bridgehead atoms. The molecule has 3 rings (SSSR count). The van der Waals surface area contributed by atoms with Gasteiger partial charge in [0.25, 0.3) is 0 Å². The van der Waals surface area contributed by atoms with Crippen LogP contribution in [0.25, 0.3) is 0 Å². The fourth-order valence-corrected chi connectivity index (χ4v) is 2.79. The molecule has 6 heteroatoms. The lowest BCUT2D eigenvalue weighted by atomic mass is 10.2. The normalized spacial score (nSPS) is 18.8. The molecule has 0 radical (unpaired) electrons. The van der Waals surface area contributed by atoms with Crippen LogP contribution in [0.1, 0.15) is 18.4 Å². The standard InChI is InChI=1S/C17H22FN3O2/c1-12-2-5-14(10-15(12)18)19-16(22)11-20-6-8-21(9-7-20)17(23)13-3-4-13/h2,5,10,13H,3-4,6-9,11H2,1H3,(H,19,22). The van der Waals surface area contributed by atoms with Gasteiger partial charge in [-0.05, 0) is 37.5 Å². The topological polar surface area (TPSA) is 52.7 Å². The van der Waals surface area contributed by atoms with E-state index in [4.69, 9.17) is 0 Å². The zero-order chi connectivity index (χ0) is 16.4. The Labute approximate surface area is 135 Å². The molecule has 2 fully saturated rings. The summed E-state index contributed by atoms with van der Waals surface area (Å²) in [6.07, 6.45) is 2.04. The van der Waals surface area contributed by atoms with Crippen molar-refractivity contribution in [3.05, 3.63) is 29.6 Å². The SMILES string of the molecule is Cc1ccc(NC(=O)CN2CCN(C(=O)C3CC3)CC2)cc1F. The number of halogens is 1. The van der Waals surface area contributed by atoms with Crippen molar-refractivity contribution >= 4 is 17.5 Å². The fraction of sp³-hybridized carbons (Fsp3) is 0.529. The number of rotatable bonds is 4. The molecule has 1 aromatic carbocycles. The highest BCUT2D eigenvalue weighted by molar-refractivity contribution is 5.92. The van der Waals surface area contributed by atoms with Crippen LogP contribution in [0.15, 0.2) is 18.2 Å². The number of hydrogen-bond acceptors (Lipinski definition) is 3. The van der Waals surface area contributed by atoms with Gasteiger partial charge in [-0.1, -0.05) is 6.07 Å². The summed E-state index contributed by atoms with van der Waals surface area (Å²) in [6.45, 7) is 4.72. The van der Waals surface area contributed by atoms with Crippen LogP contribution < -0.4 is 5.32 Å². The minimum Gasteiger partial charge on any atom is -0.340 e. The maximum absolute atomic E-state index is 13.5. The molecule has 23 heavy (non-hydrogen) atoms. The van der Waals surface area contributed by atoms with Crippen LogP contribution in [0.5, 0.6) is 0 Å². The van der Waals surface area contributed by atoms with Crippen LogP contribution in [0, 0.1) is 18.7 Å². The Bertz CT molecular complexity index is 608. The third kappa shape index (κ3) is 4.07. The molecule has 1 aliphatic carbocycles. The first kappa shape index (κ1) is 15.9. The molecule has 5 nitrogen and oxygen atoms in total. The Balaban J connectivity index is 1.45. The zero-order valence-electron chi connectivity index (χ0n) is 13.3. The van der Waals surface area contributed by atoms with Crippen LogP contribution in [0.4, 0.5) is 10.1 Å². The number of anilines is 1. The van der Waals surface area contributed by atoms with Crippen molar-refractivity contribution in [2.45, 2.75) is 19.8 Å². The fourth-order valence-electron chi connectivity index (χ4n) is 2.79. The van der Waals surface area contributed by atoms with E-state index in [1.54, 1.807) is 19.1 Å². The number of nitrogens with zero attached hydrogens (tertiary/aromatic N) is 2. The van der Waals surface area contributed by atoms with Crippen molar-refractivity contribution in [2.24, 2.45) is 5.92 Å². The second-order valence-corrected chi connectivity index (χ2v) is 6.39. The maximum Gasteiger partial charge on any atom is 0.238 e. The summed E-state index contributed by atoms with van der Waals surface area (Å²) in [6, 6.07) is 4.68. The van der Waals surface area contributed by atoms with Gasteiger partial charge >= 0.3 is 0 Å². The molecule has 1 saturated heterocycles. The number of hydrogen-bond donors (Lipinski definition) is 1. The van der Waals surface area contributed by atoms with E-state index in [0.717, 1.165) is 12.8 Å². The van der Waals surface area contributed by atoms with Gasteiger partial charge in [0.15, 0.2) is 0 Å². The summed E-state index contributed by atoms with van der Waals surface area (Å²) >= 11 is 0. The van der Waals surface area contributed by atoms with E-state index < -0.39 is 0 Å². The molecule has 1 heterocycles. The van der Waals surface area contributed by atoms with Gasteiger partial charge in [0.05, 0.1) is 6.54 Å². The third-order valence-electron chi connectivity index (χ3n) is 4.43. The molecule has 2 aliphatic rings. The summed E-state index contributed by atoms with van der Waals surface area (Å²) in [4.78, 5) is 28.0. The summed E-state index contributed by atoms with van der Waals surface area (Å²) in [7, 11) is 0. The predicted molar refractivity (Wildman–Crippen MR) is 85.5 cm³/mol. The molecule has 0 unspecified atom stereocenters. The van der Waals surface area contributed by atoms with Gasteiger partial charge in [0.1, 0.15) is 5.82 Å². The van der Waals surface area contributed by atoms with Gasteiger partial charge in [-0.3, -0.25) is 14.5 Å². The molecule has 0 atom stereocenters. The average Bonchev–Trinajstić information content (AvgIpc) is 3.36. The van der Waals surface area contributed by atoms with Crippen LogP contribution in [-0.4, -0.2) is 54.3 Å². The highest BCUT2D eigenvalue weighted by atomic mass is 19.1. The van der Waals surface area contributed by atoms with E-state index in [1.165, 1.54) is 6.07 Å². The van der Waals surface area contributed by atoms with Crippen molar-refractivity contribution in [3.63, 3.8) is 0 Å². The number of nitrogens with one attached hydrogen (secondary N) is 1. The minimum absolute atomic E-state index is 0.157. The van der Waals surface area contributed by atoms with E-state index in [9.17, 15) is 14.0 Å². The van der Waals surface area contributed by atoms with E-state index >= 15 is 0 Å². The number of carbonyl (C=O) groups excluding carboxylic acids is 2. The number of piperazine rings is 1. The van der Waals surface area contributed by atoms with Crippen molar-refractivity contribution < 1.29 is 14.0 Å². The highest BCUT2D eigenvalue weighted by Gasteiger charge is 2.34. The number of aryl methyl sites for hydroxylation is 1. The first-order chi connectivity index (χ1) is 11.0. The zero-order valence-corrected chi connectivity index (χ0v) is 13.3. The summed E-state index contributed by atoms with van der Waals surface area (Å²) in [5.74, 6) is 0.0377. The molecule has 2 amide bonds. The van der Waals surface area contributed by atoms with E-state index in [0.29, 0.717) is 37.4 Å². The molecular weight excluding hydrogens is 297 g/mol. The molecule has 1 N–H and O–H groups in total. The lowest BCUT2D eigenvalue weighted by molar-refractivity contribution is -0.134. The molecule has 1 aliphatic heterocycles. The second-order valence-electron chi connectivity index (χ2n) is 6.39. The number of carbonyl (C=O) groups is 2. The first-order valence-electron chi connectivity index (χ1n) is 8.10. The van der Waals surface area contributed by atoms with Gasteiger partial charge < -0.3 is 10.2 Å². The average molecular weight is 319 g/mol. The van der Waals surface area contributed by atoms with Gasteiger partial charge in [-0.2, -0.15) is 0 Å². The lowest BCUT2D eigenvalue weighted by Crippen LogP contribution is -2.50. The minimum atomic E-state index is -0.324. The summed E-state index contributed by atoms with van der Waals surface area (Å²) < 4.78 is 13.5. The Morgan fingerprint density at radius 3 is 2.52 bits per heavy atom. The Hall–Kier alpha value is -1.95. The molecule has 0 aromatic heterocycles. The maximum atomic E-state index is 13.5. The molecule has 0 spiro atoms. The predicted octanol–water partition coefficient (Wildman–Crippen LogP) is 1.63. The largest absolute Gasteiger partial charge is 0.340 e. The van der Waals surface area contributed by atoms with Gasteiger partial charge in [0.2, 0.25) is 11.8 Å². The van der Waals surface area contributed by atoms with E-state index in [1.807, 2.05) is 9.80 Å². The first-order valence-corrected chi connectivity index (χ1v) is 8.10. The monoisotopic (exact) mass is 319 g/mol. The van der Waals surface area contributed by atoms with E-state index in [2.05, 4.69) is 5.32 Å². The number of benzene rings is 1. The van der Waals surface area contributed by atoms with Crippen LogP contribution in [0.2, 0.25) is 0 Å². The molecule has 124 valence electrons. The van der Waals surface area contributed by atoms with Crippen LogP contribution in [-0.2, 0) is 9.59 Å². The lowest BCUT2D eigenvalue weighted by Gasteiger charge is -2.34. The molecule has 1 aromatic rings. The van der Waals surface area contributed by atoms with Crippen molar-refractivity contribution in [2.75, 3.05) is 38.0 Å². The van der Waals surface area contributed by atoms with Gasteiger partial charge in [-0.15, -0.1) is 0 Å². The van der Waals surface area contributed by atoms with Crippen LogP contribution in [0.3, 0.4) is 0 Å². The highest BCUT2D eigenvalue weighted by Crippen LogP contribution is 2.31. The second kappa shape index (κ2) is 6.66. The van der Waals surface area contributed by atoms with Gasteiger partial charge in [-0.25, -0.2) is 4.39 Å². The quantitative estimate of drug-likeness (QED) is 0.918. The number of amides is 2. The van der Waals surface area contributed by atoms with E-state index in [-0.39, 0.29) is 30.1 Å². The smallest absolute Gasteiger partial charge is 0.238 e. The Morgan fingerprint density at radius 1 is 1.22 bits per heavy atom. The van der Waals surface area contributed by atoms with Crippen molar-refractivity contribution in [1.29, 1.82) is 0 Å². The Morgan fingerprint density at radius 2 is 1.91 bits per heavy atom. The summed E-state index contributed by atoms with van der Waals surface area (Å²) in [5, 5.41) is 2.72. The Kier molecular flexibility index (Phi) is 4.61. The summed E-state index contributed by atoms with van der Waals surface area (Å²) in [5.41, 5.74) is 1.03. The van der Waals surface area contributed by atoms with Crippen molar-refractivity contribution in [1.82, 2.24) is 9.80 Å². The van der Waals surface area contributed by atoms with Crippen molar-refractivity contribution in [3.8, 4) is 0 Å².